The summed E-state index contributed by atoms with van der Waals surface area (Å²) in [5.74, 6) is -0.942. The summed E-state index contributed by atoms with van der Waals surface area (Å²) in [4.78, 5) is 36.1. The van der Waals surface area contributed by atoms with Crippen LogP contribution in [0.1, 0.15) is 27.2 Å². The van der Waals surface area contributed by atoms with Crippen molar-refractivity contribution in [1.82, 2.24) is 15.3 Å². The van der Waals surface area contributed by atoms with Crippen molar-refractivity contribution < 1.29 is 37.5 Å². The van der Waals surface area contributed by atoms with Crippen molar-refractivity contribution in [2.75, 3.05) is 27.3 Å². The normalized spacial score (nSPS) is 14.7. The standard InChI is InChI=1S/C22H32Cl2N3O8P/c1-15(2)34-22(30)12-26-36(31,35-17-6-7-19(23)20(24)11-17)33-13-18(32-5)10-16(3)27(14-28)9-8-21(29)25-4/h6-9,11,14-16,18H,10,12-13H2,1-5H3,(H,25,29)(H,26,31)/b9-8-. The van der Waals surface area contributed by atoms with Crippen LogP contribution >= 0.6 is 30.9 Å². The fourth-order valence-corrected chi connectivity index (χ4v) is 4.25. The summed E-state index contributed by atoms with van der Waals surface area (Å²) in [6, 6.07) is 3.84. The lowest BCUT2D eigenvalue weighted by Crippen LogP contribution is -2.34. The number of likely N-dealkylation sites (N-methyl/N-ethyl adjacent to an activating group) is 1. The molecule has 3 unspecified atom stereocenters. The van der Waals surface area contributed by atoms with Crippen molar-refractivity contribution in [2.24, 2.45) is 0 Å². The SMILES string of the molecule is CNC(=O)/C=C\N(C=O)C(C)CC(COP(=O)(NCC(=O)OC(C)C)Oc1ccc(Cl)c(Cl)c1)OC. The van der Waals surface area contributed by atoms with E-state index in [2.05, 4.69) is 10.4 Å². The molecule has 0 saturated carbocycles. The highest BCUT2D eigenvalue weighted by Crippen LogP contribution is 2.45. The molecule has 3 atom stereocenters. The number of carbonyl (C=O) groups excluding carboxylic acids is 3. The van der Waals surface area contributed by atoms with E-state index in [1.165, 1.54) is 49.5 Å². The first-order valence-electron chi connectivity index (χ1n) is 10.9. The topological polar surface area (TPSA) is 132 Å². The summed E-state index contributed by atoms with van der Waals surface area (Å²) >= 11 is 11.9. The van der Waals surface area contributed by atoms with E-state index >= 15 is 0 Å². The van der Waals surface area contributed by atoms with Crippen LogP contribution in [0.15, 0.2) is 30.5 Å². The first-order valence-corrected chi connectivity index (χ1v) is 13.2. The molecule has 36 heavy (non-hydrogen) atoms. The molecule has 0 heterocycles. The van der Waals surface area contributed by atoms with Crippen LogP contribution in [0, 0.1) is 0 Å². The van der Waals surface area contributed by atoms with Gasteiger partial charge in [0, 0.05) is 38.5 Å². The van der Waals surface area contributed by atoms with Gasteiger partial charge < -0.3 is 24.2 Å². The Hall–Kier alpha value is -2.14. The zero-order valence-corrected chi connectivity index (χ0v) is 23.1. The molecule has 0 aliphatic heterocycles. The number of nitrogens with zero attached hydrogens (tertiary/aromatic N) is 1. The lowest BCUT2D eigenvalue weighted by atomic mass is 10.1. The van der Waals surface area contributed by atoms with E-state index in [0.29, 0.717) is 6.41 Å². The first-order chi connectivity index (χ1) is 16.9. The van der Waals surface area contributed by atoms with Crippen molar-refractivity contribution >= 4 is 49.2 Å². The van der Waals surface area contributed by atoms with Crippen LogP contribution in [0.2, 0.25) is 10.0 Å². The van der Waals surface area contributed by atoms with Crippen molar-refractivity contribution in [3.05, 3.63) is 40.5 Å². The predicted octanol–water partition coefficient (Wildman–Crippen LogP) is 3.55. The maximum Gasteiger partial charge on any atom is 0.459 e. The third-order valence-corrected chi connectivity index (χ3v) is 6.77. The van der Waals surface area contributed by atoms with Crippen molar-refractivity contribution in [3.8, 4) is 5.75 Å². The van der Waals surface area contributed by atoms with Crippen molar-refractivity contribution in [1.29, 1.82) is 0 Å². The predicted molar refractivity (Wildman–Crippen MR) is 136 cm³/mol. The minimum Gasteiger partial charge on any atom is -0.462 e. The Morgan fingerprint density at radius 1 is 1.19 bits per heavy atom. The number of hydrogen-bond acceptors (Lipinski definition) is 8. The molecule has 1 aromatic carbocycles. The van der Waals surface area contributed by atoms with Crippen LogP contribution in [0.3, 0.4) is 0 Å². The van der Waals surface area contributed by atoms with Crippen LogP contribution in [0.4, 0.5) is 0 Å². The maximum absolute atomic E-state index is 13.5. The second-order valence-corrected chi connectivity index (χ2v) is 10.3. The Morgan fingerprint density at radius 3 is 2.44 bits per heavy atom. The molecular weight excluding hydrogens is 536 g/mol. The number of amides is 2. The second kappa shape index (κ2) is 15.9. The van der Waals surface area contributed by atoms with Gasteiger partial charge in [-0.05, 0) is 39.3 Å². The molecule has 0 aliphatic rings. The highest BCUT2D eigenvalue weighted by Gasteiger charge is 2.30. The molecule has 0 radical (unpaired) electrons. The molecule has 0 saturated heterocycles. The van der Waals surface area contributed by atoms with Crippen LogP contribution in [-0.4, -0.2) is 68.7 Å². The van der Waals surface area contributed by atoms with E-state index in [9.17, 15) is 18.9 Å². The second-order valence-electron chi connectivity index (χ2n) is 7.76. The molecule has 0 aromatic heterocycles. The van der Waals surface area contributed by atoms with E-state index in [4.69, 9.17) is 41.7 Å². The maximum atomic E-state index is 13.5. The van der Waals surface area contributed by atoms with Gasteiger partial charge in [-0.2, -0.15) is 0 Å². The van der Waals surface area contributed by atoms with E-state index in [1.807, 2.05) is 0 Å². The van der Waals surface area contributed by atoms with Gasteiger partial charge in [0.2, 0.25) is 12.3 Å². The van der Waals surface area contributed by atoms with Gasteiger partial charge in [-0.1, -0.05) is 23.2 Å². The third-order valence-electron chi connectivity index (χ3n) is 4.54. The van der Waals surface area contributed by atoms with Crippen LogP contribution in [0.5, 0.6) is 5.75 Å². The van der Waals surface area contributed by atoms with Crippen molar-refractivity contribution in [3.63, 3.8) is 0 Å². The molecule has 1 aromatic rings. The Kier molecular flexibility index (Phi) is 14.0. The summed E-state index contributed by atoms with van der Waals surface area (Å²) < 4.78 is 35.0. The van der Waals surface area contributed by atoms with E-state index in [0.717, 1.165) is 0 Å². The molecule has 0 spiro atoms. The zero-order chi connectivity index (χ0) is 27.3. The Labute approximate surface area is 221 Å². The number of benzene rings is 1. The smallest absolute Gasteiger partial charge is 0.459 e. The van der Waals surface area contributed by atoms with E-state index < -0.39 is 32.4 Å². The molecule has 202 valence electrons. The average Bonchev–Trinajstić information content (AvgIpc) is 2.82. The van der Waals surface area contributed by atoms with Crippen LogP contribution in [0.25, 0.3) is 0 Å². The van der Waals surface area contributed by atoms with Crippen LogP contribution in [-0.2, 0) is 32.9 Å². The largest absolute Gasteiger partial charge is 0.462 e. The van der Waals surface area contributed by atoms with E-state index in [-0.39, 0.29) is 40.8 Å². The average molecular weight is 568 g/mol. The number of esters is 1. The number of hydrogen-bond donors (Lipinski definition) is 2. The fraction of sp³-hybridized carbons (Fsp3) is 0.500. The molecule has 0 aliphatic carbocycles. The number of methoxy groups -OCH3 is 1. The van der Waals surface area contributed by atoms with Gasteiger partial charge in [0.15, 0.2) is 0 Å². The highest BCUT2D eigenvalue weighted by atomic mass is 35.5. The monoisotopic (exact) mass is 567 g/mol. The van der Waals surface area contributed by atoms with Crippen LogP contribution < -0.4 is 14.9 Å². The van der Waals surface area contributed by atoms with Gasteiger partial charge in [-0.15, -0.1) is 0 Å². The van der Waals surface area contributed by atoms with E-state index in [1.54, 1.807) is 20.8 Å². The number of rotatable bonds is 16. The third kappa shape index (κ3) is 11.7. The Morgan fingerprint density at radius 2 is 1.89 bits per heavy atom. The molecule has 0 bridgehead atoms. The lowest BCUT2D eigenvalue weighted by molar-refractivity contribution is -0.146. The molecule has 14 heteroatoms. The van der Waals surface area contributed by atoms with Gasteiger partial charge >= 0.3 is 13.7 Å². The molecule has 2 N–H and O–H groups in total. The lowest BCUT2D eigenvalue weighted by Gasteiger charge is -2.27. The quantitative estimate of drug-likeness (QED) is 0.133. The fourth-order valence-electron chi connectivity index (χ4n) is 2.68. The Balaban J connectivity index is 2.95. The molecule has 2 amide bonds. The highest BCUT2D eigenvalue weighted by molar-refractivity contribution is 7.52. The number of carbonyl (C=O) groups is 3. The number of ether oxygens (including phenoxy) is 2. The molecule has 1 rings (SSSR count). The van der Waals surface area contributed by atoms with Gasteiger partial charge in [-0.3, -0.25) is 18.9 Å². The number of nitrogens with one attached hydrogen (secondary N) is 2. The van der Waals surface area contributed by atoms with Gasteiger partial charge in [0.05, 0.1) is 28.9 Å². The van der Waals surface area contributed by atoms with Crippen molar-refractivity contribution in [2.45, 2.75) is 45.4 Å². The molecule has 11 nitrogen and oxygen atoms in total. The Bertz CT molecular complexity index is 963. The minimum atomic E-state index is -4.13. The summed E-state index contributed by atoms with van der Waals surface area (Å²) in [5.41, 5.74) is 0. The minimum absolute atomic E-state index is 0.0891. The van der Waals surface area contributed by atoms with Gasteiger partial charge in [0.25, 0.3) is 0 Å². The molecule has 0 fully saturated rings. The van der Waals surface area contributed by atoms with Gasteiger partial charge in [0.1, 0.15) is 12.3 Å². The summed E-state index contributed by atoms with van der Waals surface area (Å²) in [6.45, 7) is 4.42. The molecular formula is C22H32Cl2N3O8P. The first kappa shape index (κ1) is 31.9. The van der Waals surface area contributed by atoms with Gasteiger partial charge in [-0.25, -0.2) is 9.65 Å². The summed E-state index contributed by atoms with van der Waals surface area (Å²) in [5, 5.41) is 5.33. The number of halogens is 2. The summed E-state index contributed by atoms with van der Waals surface area (Å²) in [7, 11) is -1.24. The zero-order valence-electron chi connectivity index (χ0n) is 20.7. The summed E-state index contributed by atoms with van der Waals surface area (Å²) in [6.07, 6.45) is 2.37.